The van der Waals surface area contributed by atoms with Gasteiger partial charge in [-0.05, 0) is 66.3 Å². The van der Waals surface area contributed by atoms with Crippen LogP contribution in [0.3, 0.4) is 0 Å². The Hall–Kier alpha value is -3.23. The summed E-state index contributed by atoms with van der Waals surface area (Å²) in [5.41, 5.74) is 11.3. The van der Waals surface area contributed by atoms with Crippen molar-refractivity contribution < 1.29 is 0 Å². The Bertz CT molecular complexity index is 1510. The summed E-state index contributed by atoms with van der Waals surface area (Å²) in [6, 6.07) is 12.4. The van der Waals surface area contributed by atoms with Crippen LogP contribution in [0, 0.1) is 5.41 Å². The molecule has 1 atom stereocenters. The van der Waals surface area contributed by atoms with Crippen LogP contribution in [0.1, 0.15) is 54.1 Å². The van der Waals surface area contributed by atoms with Crippen LogP contribution in [0.5, 0.6) is 0 Å². The zero-order chi connectivity index (χ0) is 23.8. The number of H-pyrrole nitrogens is 2. The molecule has 1 saturated carbocycles. The van der Waals surface area contributed by atoms with E-state index in [0.29, 0.717) is 22.1 Å². The molecule has 0 unspecified atom stereocenters. The topological polar surface area (TPSA) is 117 Å². The molecule has 1 aliphatic heterocycles. The molecule has 1 spiro atoms. The number of fused-ring (bicyclic) bond motifs is 2. The highest BCUT2D eigenvalue weighted by molar-refractivity contribution is 6.29. The molecule has 3 aromatic heterocycles. The average Bonchev–Trinajstić information content (AvgIpc) is 3.48. The number of nitrogens with one attached hydrogen (secondary N) is 2. The number of hydrogen-bond acceptors (Lipinski definition) is 6. The zero-order valence-corrected chi connectivity index (χ0v) is 20.0. The normalized spacial score (nSPS) is 22.0. The third-order valence-electron chi connectivity index (χ3n) is 8.55. The van der Waals surface area contributed by atoms with Gasteiger partial charge in [0.25, 0.3) is 5.56 Å². The van der Waals surface area contributed by atoms with Gasteiger partial charge in [0.15, 0.2) is 5.65 Å². The molecule has 0 radical (unpaired) electrons. The lowest BCUT2D eigenvalue weighted by molar-refractivity contribution is 0.187. The van der Waals surface area contributed by atoms with Crippen LogP contribution in [-0.2, 0) is 11.8 Å². The Labute approximate surface area is 206 Å². The van der Waals surface area contributed by atoms with E-state index in [2.05, 4.69) is 49.3 Å². The molecule has 1 aromatic carbocycles. The van der Waals surface area contributed by atoms with Gasteiger partial charge < -0.3 is 10.6 Å². The molecule has 3 aliphatic rings. The van der Waals surface area contributed by atoms with E-state index < -0.39 is 0 Å². The van der Waals surface area contributed by atoms with Crippen LogP contribution in [0.4, 0.5) is 5.95 Å². The maximum atomic E-state index is 13.3. The predicted molar refractivity (Wildman–Crippen MR) is 135 cm³/mol. The summed E-state index contributed by atoms with van der Waals surface area (Å²) < 4.78 is 0. The number of nitrogens with zero attached hydrogens (tertiary/aromatic N) is 4. The molecule has 4 aromatic rings. The average molecular weight is 488 g/mol. The summed E-state index contributed by atoms with van der Waals surface area (Å²) >= 11 is 6.14. The summed E-state index contributed by atoms with van der Waals surface area (Å²) in [5, 5.41) is 8.57. The number of piperidine rings is 1. The fourth-order valence-electron chi connectivity index (χ4n) is 6.38. The molecule has 0 amide bonds. The molecule has 2 aliphatic carbocycles. The standard InChI is InChI=1S/C26H26ClN7O/c27-18-13-16(5-10-29-18)26(6-7-26)21-19-22(33-32-21)30-24(31-23(19)35)34-11-8-25(9-12-34)14-15-3-1-2-4-17(15)20(25)28/h1-5,10,13,20H,6-9,11-12,14,28H2,(H2,30,31,32,33,35)/t20-/m1/s1. The molecule has 0 bridgehead atoms. The van der Waals surface area contributed by atoms with Crippen molar-refractivity contribution in [3.8, 4) is 0 Å². The van der Waals surface area contributed by atoms with Gasteiger partial charge in [-0.2, -0.15) is 10.1 Å². The number of anilines is 1. The summed E-state index contributed by atoms with van der Waals surface area (Å²) in [5.74, 6) is 0.591. The summed E-state index contributed by atoms with van der Waals surface area (Å²) in [6.45, 7) is 1.60. The molecule has 1 saturated heterocycles. The highest BCUT2D eigenvalue weighted by Crippen LogP contribution is 2.54. The second-order valence-electron chi connectivity index (χ2n) is 10.3. The monoisotopic (exact) mass is 487 g/mol. The fourth-order valence-corrected chi connectivity index (χ4v) is 6.55. The van der Waals surface area contributed by atoms with Crippen molar-refractivity contribution in [1.82, 2.24) is 25.1 Å². The van der Waals surface area contributed by atoms with Gasteiger partial charge in [-0.3, -0.25) is 14.9 Å². The minimum Gasteiger partial charge on any atom is -0.342 e. The van der Waals surface area contributed by atoms with E-state index >= 15 is 0 Å². The molecular formula is C26H26ClN7O. The molecule has 4 N–H and O–H groups in total. The Balaban J connectivity index is 1.17. The van der Waals surface area contributed by atoms with Crippen molar-refractivity contribution in [2.24, 2.45) is 11.1 Å². The van der Waals surface area contributed by atoms with Crippen molar-refractivity contribution in [2.45, 2.75) is 43.6 Å². The first-order chi connectivity index (χ1) is 17.0. The van der Waals surface area contributed by atoms with E-state index in [4.69, 9.17) is 22.3 Å². The Kier molecular flexibility index (Phi) is 4.45. The molecule has 8 nitrogen and oxygen atoms in total. The zero-order valence-electron chi connectivity index (χ0n) is 19.2. The number of rotatable bonds is 3. The van der Waals surface area contributed by atoms with Crippen molar-refractivity contribution in [3.63, 3.8) is 0 Å². The van der Waals surface area contributed by atoms with Crippen LogP contribution >= 0.6 is 11.6 Å². The maximum Gasteiger partial charge on any atom is 0.263 e. The molecule has 4 heterocycles. The minimum absolute atomic E-state index is 0.0573. The van der Waals surface area contributed by atoms with Gasteiger partial charge in [-0.25, -0.2) is 4.98 Å². The number of pyridine rings is 1. The van der Waals surface area contributed by atoms with Crippen LogP contribution in [0.25, 0.3) is 11.0 Å². The van der Waals surface area contributed by atoms with Crippen molar-refractivity contribution in [3.05, 3.63) is 80.5 Å². The first-order valence-electron chi connectivity index (χ1n) is 12.2. The van der Waals surface area contributed by atoms with E-state index in [1.807, 2.05) is 12.1 Å². The van der Waals surface area contributed by atoms with Gasteiger partial charge in [0.1, 0.15) is 10.5 Å². The van der Waals surface area contributed by atoms with Gasteiger partial charge in [0.2, 0.25) is 5.95 Å². The second-order valence-corrected chi connectivity index (χ2v) is 10.7. The Morgan fingerprint density at radius 3 is 2.66 bits per heavy atom. The van der Waals surface area contributed by atoms with Crippen LogP contribution < -0.4 is 16.2 Å². The van der Waals surface area contributed by atoms with E-state index in [-0.39, 0.29) is 22.4 Å². The molecule has 2 fully saturated rings. The van der Waals surface area contributed by atoms with E-state index in [1.54, 1.807) is 6.20 Å². The predicted octanol–water partition coefficient (Wildman–Crippen LogP) is 3.62. The van der Waals surface area contributed by atoms with E-state index in [9.17, 15) is 4.79 Å². The molecule has 35 heavy (non-hydrogen) atoms. The van der Waals surface area contributed by atoms with Crippen LogP contribution in [0.2, 0.25) is 5.15 Å². The molecule has 178 valence electrons. The molecular weight excluding hydrogens is 462 g/mol. The lowest BCUT2D eigenvalue weighted by atomic mass is 9.73. The first kappa shape index (κ1) is 21.1. The summed E-state index contributed by atoms with van der Waals surface area (Å²) in [6.07, 6.45) is 6.46. The van der Waals surface area contributed by atoms with Gasteiger partial charge >= 0.3 is 0 Å². The number of nitrogens with two attached hydrogens (primary N) is 1. The SMILES string of the molecule is N[C@@H]1c2ccccc2CC12CCN(c1nc3[nH]nc(C4(c5ccnc(Cl)c5)CC4)c3c(=O)[nH]1)CC2. The summed E-state index contributed by atoms with van der Waals surface area (Å²) in [7, 11) is 0. The Morgan fingerprint density at radius 1 is 1.11 bits per heavy atom. The quantitative estimate of drug-likeness (QED) is 0.380. The Morgan fingerprint density at radius 2 is 1.91 bits per heavy atom. The lowest BCUT2D eigenvalue weighted by Gasteiger charge is -2.42. The van der Waals surface area contributed by atoms with Gasteiger partial charge in [0.05, 0.1) is 5.69 Å². The fraction of sp³-hybridized carbons (Fsp3) is 0.385. The lowest BCUT2D eigenvalue weighted by Crippen LogP contribution is -2.45. The molecule has 7 rings (SSSR count). The van der Waals surface area contributed by atoms with Crippen LogP contribution in [-0.4, -0.2) is 38.2 Å². The second kappa shape index (κ2) is 7.38. The number of aromatic nitrogens is 5. The van der Waals surface area contributed by atoms with E-state index in [0.717, 1.165) is 56.5 Å². The highest BCUT2D eigenvalue weighted by atomic mass is 35.5. The van der Waals surface area contributed by atoms with Crippen molar-refractivity contribution in [1.29, 1.82) is 0 Å². The van der Waals surface area contributed by atoms with Gasteiger partial charge in [-0.15, -0.1) is 0 Å². The highest BCUT2D eigenvalue weighted by Gasteiger charge is 2.50. The molecule has 9 heteroatoms. The third kappa shape index (κ3) is 3.09. The summed E-state index contributed by atoms with van der Waals surface area (Å²) in [4.78, 5) is 27.4. The number of hydrogen-bond donors (Lipinski definition) is 3. The largest absolute Gasteiger partial charge is 0.342 e. The number of aromatic amines is 2. The van der Waals surface area contributed by atoms with Gasteiger partial charge in [-0.1, -0.05) is 35.9 Å². The maximum absolute atomic E-state index is 13.3. The third-order valence-corrected chi connectivity index (χ3v) is 8.76. The minimum atomic E-state index is -0.313. The van der Waals surface area contributed by atoms with E-state index in [1.165, 1.54) is 11.1 Å². The van der Waals surface area contributed by atoms with Crippen molar-refractivity contribution >= 4 is 28.6 Å². The van der Waals surface area contributed by atoms with Gasteiger partial charge in [0, 0.05) is 30.7 Å². The van der Waals surface area contributed by atoms with Crippen LogP contribution in [0.15, 0.2) is 47.4 Å². The first-order valence-corrected chi connectivity index (χ1v) is 12.6. The smallest absolute Gasteiger partial charge is 0.263 e. The number of halogens is 1. The number of benzene rings is 1. The van der Waals surface area contributed by atoms with Crippen molar-refractivity contribution in [2.75, 3.05) is 18.0 Å².